The predicted molar refractivity (Wildman–Crippen MR) is 165 cm³/mol. The summed E-state index contributed by atoms with van der Waals surface area (Å²) in [6.45, 7) is 12.4. The lowest BCUT2D eigenvalue weighted by Crippen LogP contribution is -2.48. The third-order valence-corrected chi connectivity index (χ3v) is 9.96. The highest BCUT2D eigenvalue weighted by Gasteiger charge is 2.63. The lowest BCUT2D eigenvalue weighted by Gasteiger charge is -2.33. The lowest BCUT2D eigenvalue weighted by atomic mass is 9.83. The van der Waals surface area contributed by atoms with E-state index in [0.717, 1.165) is 5.56 Å². The molecular formula is C31H38Cl4O9. The Hall–Kier alpha value is -0.760. The standard InChI is InChI=1S/C16H20Cl2O4.C15H18Cl2O5/c1-8(9-5-6-10(17)11(18)7-9)12-16(4,19)13-14(20-12)22-15(2,3)21-13;1-14(2)21-12-13(22-14)20-11(15(12,3)19)10(18)7-4-5-8(16)9(17)6-7/h5-8,12-14,19H,1-4H3;4-6,10-13,18-19H,1-3H3/t8-,12-,13+,14-,16-;10-,11-,12+,13-,15-/m11/s1. The van der Waals surface area contributed by atoms with Crippen molar-refractivity contribution in [2.75, 3.05) is 0 Å². The van der Waals surface area contributed by atoms with Crippen LogP contribution in [0.15, 0.2) is 36.4 Å². The van der Waals surface area contributed by atoms with E-state index in [9.17, 15) is 15.3 Å². The van der Waals surface area contributed by atoms with Gasteiger partial charge >= 0.3 is 0 Å². The van der Waals surface area contributed by atoms with E-state index in [0.29, 0.717) is 25.7 Å². The zero-order valence-corrected chi connectivity index (χ0v) is 28.4. The van der Waals surface area contributed by atoms with E-state index in [-0.39, 0.29) is 5.92 Å². The average molecular weight is 696 g/mol. The van der Waals surface area contributed by atoms with Crippen LogP contribution in [0.2, 0.25) is 20.1 Å². The fraction of sp³-hybridized carbons (Fsp3) is 0.613. The number of benzene rings is 2. The summed E-state index contributed by atoms with van der Waals surface area (Å²) in [6.07, 6.45) is -4.95. The Balaban J connectivity index is 0.000000175. The number of hydrogen-bond donors (Lipinski definition) is 3. The number of ether oxygens (including phenoxy) is 6. The fourth-order valence-corrected chi connectivity index (χ4v) is 6.81. The molecule has 2 aromatic rings. The second kappa shape index (κ2) is 12.0. The van der Waals surface area contributed by atoms with Gasteiger partial charge in [0, 0.05) is 5.92 Å². The molecule has 0 bridgehead atoms. The van der Waals surface area contributed by atoms with Crippen LogP contribution >= 0.6 is 46.4 Å². The van der Waals surface area contributed by atoms with E-state index in [1.165, 1.54) is 0 Å². The van der Waals surface area contributed by atoms with Gasteiger partial charge in [-0.1, -0.05) is 65.5 Å². The first-order valence-corrected chi connectivity index (χ1v) is 15.8. The number of halogens is 4. The van der Waals surface area contributed by atoms with Crippen LogP contribution in [-0.4, -0.2) is 75.1 Å². The molecule has 0 saturated carbocycles. The summed E-state index contributed by atoms with van der Waals surface area (Å²) in [4.78, 5) is 0. The van der Waals surface area contributed by atoms with Crippen molar-refractivity contribution >= 4 is 46.4 Å². The number of hydrogen-bond acceptors (Lipinski definition) is 9. The maximum absolute atomic E-state index is 10.9. The molecule has 0 aromatic heterocycles. The van der Waals surface area contributed by atoms with Crippen LogP contribution in [0, 0.1) is 0 Å². The Morgan fingerprint density at radius 2 is 1.02 bits per heavy atom. The van der Waals surface area contributed by atoms with Crippen molar-refractivity contribution in [3.05, 3.63) is 67.6 Å². The summed E-state index contributed by atoms with van der Waals surface area (Å²) in [5.74, 6) is -1.68. The van der Waals surface area contributed by atoms with Crippen LogP contribution in [0.25, 0.3) is 0 Å². The normalized spacial score (nSPS) is 38.0. The molecule has 4 aliphatic rings. The molecule has 2 aromatic carbocycles. The largest absolute Gasteiger partial charge is 0.386 e. The van der Waals surface area contributed by atoms with Crippen LogP contribution in [0.5, 0.6) is 0 Å². The number of fused-ring (bicyclic) bond motifs is 2. The minimum atomic E-state index is -1.41. The Morgan fingerprint density at radius 1 is 0.614 bits per heavy atom. The van der Waals surface area contributed by atoms with Gasteiger partial charge in [0.05, 0.1) is 26.2 Å². The van der Waals surface area contributed by atoms with Crippen molar-refractivity contribution in [2.24, 2.45) is 0 Å². The zero-order chi connectivity index (χ0) is 32.6. The summed E-state index contributed by atoms with van der Waals surface area (Å²) < 4.78 is 34.5. The predicted octanol–water partition coefficient (Wildman–Crippen LogP) is 6.38. The van der Waals surface area contributed by atoms with Crippen molar-refractivity contribution in [3.63, 3.8) is 0 Å². The molecule has 13 heteroatoms. The molecule has 9 nitrogen and oxygen atoms in total. The van der Waals surface area contributed by atoms with Crippen LogP contribution in [0.4, 0.5) is 0 Å². The maximum Gasteiger partial charge on any atom is 0.190 e. The Labute approximate surface area is 277 Å². The first-order chi connectivity index (χ1) is 20.2. The van der Waals surface area contributed by atoms with E-state index in [4.69, 9.17) is 74.8 Å². The number of aliphatic hydroxyl groups is 3. The van der Waals surface area contributed by atoms with Gasteiger partial charge in [0.2, 0.25) is 0 Å². The molecule has 10 atom stereocenters. The molecular weight excluding hydrogens is 658 g/mol. The highest BCUT2D eigenvalue weighted by molar-refractivity contribution is 6.42. The third kappa shape index (κ3) is 6.52. The monoisotopic (exact) mass is 694 g/mol. The van der Waals surface area contributed by atoms with Gasteiger partial charge in [0.1, 0.15) is 35.6 Å². The summed E-state index contributed by atoms with van der Waals surface area (Å²) in [7, 11) is 0. The summed E-state index contributed by atoms with van der Waals surface area (Å²) in [5.41, 5.74) is -1.13. The molecule has 44 heavy (non-hydrogen) atoms. The average Bonchev–Trinajstić information content (AvgIpc) is 3.56. The lowest BCUT2D eigenvalue weighted by molar-refractivity contribution is -0.240. The van der Waals surface area contributed by atoms with Crippen LogP contribution < -0.4 is 0 Å². The second-order valence-corrected chi connectivity index (χ2v) is 14.6. The molecule has 0 unspecified atom stereocenters. The molecule has 3 N–H and O–H groups in total. The van der Waals surface area contributed by atoms with Crippen LogP contribution in [0.3, 0.4) is 0 Å². The van der Waals surface area contributed by atoms with E-state index < -0.39 is 65.9 Å². The van der Waals surface area contributed by atoms with Gasteiger partial charge in [-0.15, -0.1) is 0 Å². The molecule has 6 rings (SSSR count). The SMILES string of the molecule is CC1(C)O[C@H]2O[C@H]([C@H](O)c3ccc(Cl)c(Cl)c3)[C@@](C)(O)[C@H]2O1.C[C@H](c1ccc(Cl)c(Cl)c1)[C@H]1O[C@@H]2OC(C)(C)O[C@@H]2[C@]1(C)O. The van der Waals surface area contributed by atoms with Crippen molar-refractivity contribution in [1.29, 1.82) is 0 Å². The maximum atomic E-state index is 10.9. The smallest absolute Gasteiger partial charge is 0.190 e. The minimum Gasteiger partial charge on any atom is -0.386 e. The van der Waals surface area contributed by atoms with Gasteiger partial charge in [-0.25, -0.2) is 0 Å². The molecule has 4 aliphatic heterocycles. The summed E-state index contributed by atoms with van der Waals surface area (Å²) in [5, 5.41) is 33.9. The number of rotatable bonds is 4. The molecule has 4 fully saturated rings. The van der Waals surface area contributed by atoms with Crippen LogP contribution in [-0.2, 0) is 28.4 Å². The molecule has 4 heterocycles. The first kappa shape index (κ1) is 34.6. The Bertz CT molecular complexity index is 1280. The molecule has 244 valence electrons. The van der Waals surface area contributed by atoms with Gasteiger partial charge < -0.3 is 43.7 Å². The van der Waals surface area contributed by atoms with Crippen molar-refractivity contribution in [2.45, 2.75) is 120 Å². The molecule has 0 radical (unpaired) electrons. The van der Waals surface area contributed by atoms with Gasteiger partial charge in [-0.2, -0.15) is 0 Å². The van der Waals surface area contributed by atoms with Gasteiger partial charge in [0.25, 0.3) is 0 Å². The Morgan fingerprint density at radius 3 is 1.48 bits per heavy atom. The molecule has 0 amide bonds. The summed E-state index contributed by atoms with van der Waals surface area (Å²) >= 11 is 23.9. The van der Waals surface area contributed by atoms with E-state index >= 15 is 0 Å². The van der Waals surface area contributed by atoms with E-state index in [1.807, 2.05) is 26.8 Å². The second-order valence-electron chi connectivity index (χ2n) is 13.0. The van der Waals surface area contributed by atoms with E-state index in [2.05, 4.69) is 0 Å². The van der Waals surface area contributed by atoms with Crippen molar-refractivity contribution in [1.82, 2.24) is 0 Å². The third-order valence-electron chi connectivity index (χ3n) is 8.48. The van der Waals surface area contributed by atoms with Crippen molar-refractivity contribution < 1.29 is 43.7 Å². The number of aliphatic hydroxyl groups excluding tert-OH is 1. The zero-order valence-electron chi connectivity index (χ0n) is 25.4. The van der Waals surface area contributed by atoms with Gasteiger partial charge in [-0.05, 0) is 76.9 Å². The van der Waals surface area contributed by atoms with Crippen LogP contribution in [0.1, 0.15) is 71.6 Å². The molecule has 0 aliphatic carbocycles. The van der Waals surface area contributed by atoms with E-state index in [1.54, 1.807) is 58.0 Å². The quantitative estimate of drug-likeness (QED) is 0.335. The Kier molecular flexibility index (Phi) is 9.46. The minimum absolute atomic E-state index is 0.0920. The molecule has 4 saturated heterocycles. The highest BCUT2D eigenvalue weighted by Crippen LogP contribution is 2.48. The fourth-order valence-electron chi connectivity index (χ4n) is 6.20. The van der Waals surface area contributed by atoms with Crippen molar-refractivity contribution in [3.8, 4) is 0 Å². The highest BCUT2D eigenvalue weighted by atomic mass is 35.5. The topological polar surface area (TPSA) is 116 Å². The van der Waals surface area contributed by atoms with Gasteiger partial charge in [-0.3, -0.25) is 0 Å². The van der Waals surface area contributed by atoms with Gasteiger partial charge in [0.15, 0.2) is 24.2 Å². The first-order valence-electron chi connectivity index (χ1n) is 14.3. The summed E-state index contributed by atoms with van der Waals surface area (Å²) in [6, 6.07) is 10.2. The molecule has 0 spiro atoms.